The van der Waals surface area contributed by atoms with E-state index >= 15 is 0 Å². The van der Waals surface area contributed by atoms with Crippen LogP contribution in [0.25, 0.3) is 145 Å². The number of halogens is 2. The Morgan fingerprint density at radius 1 is 0.181 bits per heavy atom. The van der Waals surface area contributed by atoms with E-state index in [1.807, 2.05) is 36.4 Å². The molecule has 4 heteroatoms. The van der Waals surface area contributed by atoms with Gasteiger partial charge < -0.3 is 10.2 Å². The highest BCUT2D eigenvalue weighted by atomic mass is 79.9. The van der Waals surface area contributed by atoms with E-state index in [-0.39, 0.29) is 16.2 Å². The molecule has 9 aliphatic carbocycles. The lowest BCUT2D eigenvalue weighted by atomic mass is 9.73. The van der Waals surface area contributed by atoms with Crippen LogP contribution >= 0.6 is 27.5 Å². The van der Waals surface area contributed by atoms with Gasteiger partial charge in [-0.15, -0.1) is 0 Å². The fraction of sp³-hybridized carbons (Fsp3) is 0.0244. The monoisotopic (exact) mass is 1690 g/mol. The SMILES string of the molecule is Brc1ccc2c(c1)C13c4ccccc4-c4cccc(c41)-c1cccc-2c13.Clc1ccc(-c2ccc3c(c2)C24c5ccccc5-c5cccc(c52)-c2cccc-3c24)cc1.c1ccc(-c2ccc(N(c3ccccc3)c3ccc(-c4ccc5c(c4)C46c7ccccc7-c7cccc(c74)-c4cccc-5c46)cc3)cc2)cc1.c1ccc(Nc2ccc(-c3ccccc3)cc2)cc1. The maximum Gasteiger partial charge on any atom is 0.0737 e. The number of fused-ring (bicyclic) bond motifs is 15. The van der Waals surface area contributed by atoms with Gasteiger partial charge in [0, 0.05) is 37.9 Å². The summed E-state index contributed by atoms with van der Waals surface area (Å²) in [5.74, 6) is 0. The van der Waals surface area contributed by atoms with Crippen LogP contribution in [0.1, 0.15) is 66.8 Å². The highest BCUT2D eigenvalue weighted by Gasteiger charge is 2.60. The first-order valence-corrected chi connectivity index (χ1v) is 45.1. The topological polar surface area (TPSA) is 15.3 Å². The number of para-hydroxylation sites is 2. The van der Waals surface area contributed by atoms with Crippen molar-refractivity contribution >= 4 is 56.0 Å². The van der Waals surface area contributed by atoms with Crippen LogP contribution < -0.4 is 10.2 Å². The largest absolute Gasteiger partial charge is 0.356 e. The van der Waals surface area contributed by atoms with Crippen molar-refractivity contribution in [1.82, 2.24) is 0 Å². The van der Waals surface area contributed by atoms with Crippen LogP contribution in [-0.2, 0) is 16.2 Å². The third kappa shape index (κ3) is 10.5. The van der Waals surface area contributed by atoms with E-state index in [9.17, 15) is 0 Å². The molecule has 20 aromatic rings. The molecule has 0 amide bonds. The highest BCUT2D eigenvalue weighted by Crippen LogP contribution is 2.74. The molecular formula is C123H76BrClN2. The number of rotatable bonds is 9. The zero-order valence-corrected chi connectivity index (χ0v) is 71.3. The molecule has 3 unspecified atom stereocenters. The van der Waals surface area contributed by atoms with Gasteiger partial charge in [-0.3, -0.25) is 0 Å². The first-order valence-electron chi connectivity index (χ1n) is 43.9. The number of nitrogens with zero attached hydrogens (tertiary/aromatic N) is 1. The molecule has 592 valence electrons. The summed E-state index contributed by atoms with van der Waals surface area (Å²) in [6, 6.07) is 166. The van der Waals surface area contributed by atoms with Crippen molar-refractivity contribution in [2.75, 3.05) is 10.2 Å². The van der Waals surface area contributed by atoms with E-state index in [1.165, 1.54) is 211 Å². The van der Waals surface area contributed by atoms with E-state index in [0.29, 0.717) is 0 Å². The summed E-state index contributed by atoms with van der Waals surface area (Å²) in [5, 5.41) is 4.15. The first-order chi connectivity index (χ1) is 62.8. The minimum atomic E-state index is -0.268. The molecule has 0 fully saturated rings. The second-order valence-corrected chi connectivity index (χ2v) is 35.9. The standard InChI is InChI=1S/C49H31N.C31H17Cl.C25H13Br.C18H15N/c1-3-11-32(12-4-1)33-21-26-37(27-22-33)50(36-13-5-2-6-14-36)38-28-23-34(24-29-38)35-25-30-40-42-17-10-19-44-43-18-9-16-41-39-15-7-8-20-45(39)49(47(41)43,48(42)44)46(40)31-35;32-20-14-11-18(12-15-20)19-13-16-22-24-7-4-9-26-25-8-3-6-23-21-5-1-2-10-27(21)31(29(23)25,30(24)26)28(22)17-19;26-14-11-12-16-18-7-4-9-20-19-8-3-6-17-15-5-1-2-10-21(15)25(23(17)19,24(18)20)22(16)13-14;1-3-7-15(8-4-1)16-11-13-18(14-12-16)19-17-9-5-2-6-10-17/h1-31H;1-17H;1-13H;1-14,19H. The second kappa shape index (κ2) is 28.4. The number of anilines is 5. The molecule has 2 nitrogen and oxygen atoms in total. The Hall–Kier alpha value is -15.2. The number of benzene rings is 20. The minimum Gasteiger partial charge on any atom is -0.356 e. The number of nitrogens with one attached hydrogen (secondary N) is 1. The maximum absolute atomic E-state index is 6.17. The number of hydrogen-bond acceptors (Lipinski definition) is 2. The van der Waals surface area contributed by atoms with Crippen molar-refractivity contribution in [3.8, 4) is 145 Å². The first kappa shape index (κ1) is 73.3. The van der Waals surface area contributed by atoms with Gasteiger partial charge in [0.05, 0.1) is 16.2 Å². The van der Waals surface area contributed by atoms with Gasteiger partial charge in [-0.25, -0.2) is 0 Å². The van der Waals surface area contributed by atoms with Crippen LogP contribution in [0.15, 0.2) is 459 Å². The molecule has 0 saturated heterocycles. The summed E-state index contributed by atoms with van der Waals surface area (Å²) in [6.07, 6.45) is 0. The van der Waals surface area contributed by atoms with Crippen molar-refractivity contribution in [2.45, 2.75) is 16.2 Å². The zero-order valence-electron chi connectivity index (χ0n) is 69.0. The average molecular weight is 1700 g/mol. The van der Waals surface area contributed by atoms with Crippen LogP contribution in [0.3, 0.4) is 0 Å². The van der Waals surface area contributed by atoms with Crippen LogP contribution in [-0.4, -0.2) is 0 Å². The van der Waals surface area contributed by atoms with Crippen molar-refractivity contribution in [3.05, 3.63) is 531 Å². The van der Waals surface area contributed by atoms with Gasteiger partial charge >= 0.3 is 0 Å². The lowest BCUT2D eigenvalue weighted by Crippen LogP contribution is -2.23. The normalized spacial score (nSPS) is 15.9. The van der Waals surface area contributed by atoms with Crippen molar-refractivity contribution in [1.29, 1.82) is 0 Å². The van der Waals surface area contributed by atoms with E-state index in [0.717, 1.165) is 37.9 Å². The smallest absolute Gasteiger partial charge is 0.0737 e. The molecule has 0 saturated carbocycles. The molecule has 0 radical (unpaired) electrons. The Morgan fingerprint density at radius 3 is 0.780 bits per heavy atom. The summed E-state index contributed by atoms with van der Waals surface area (Å²) >= 11 is 9.90. The Balaban J connectivity index is 0.0000000958. The van der Waals surface area contributed by atoms with Gasteiger partial charge in [-0.05, 0) is 308 Å². The molecular weight excluding hydrogens is 1620 g/mol. The molecule has 127 heavy (non-hydrogen) atoms. The summed E-state index contributed by atoms with van der Waals surface area (Å²) in [5.41, 5.74) is 57.0. The summed E-state index contributed by atoms with van der Waals surface area (Å²) in [6.45, 7) is 0. The maximum atomic E-state index is 6.17. The molecule has 3 atom stereocenters. The predicted octanol–water partition coefficient (Wildman–Crippen LogP) is 33.0. The molecule has 0 aliphatic heterocycles. The third-order valence-electron chi connectivity index (χ3n) is 28.4. The zero-order chi connectivity index (χ0) is 83.8. The molecule has 1 N–H and O–H groups in total. The third-order valence-corrected chi connectivity index (χ3v) is 29.2. The quantitative estimate of drug-likeness (QED) is 0.155. The van der Waals surface area contributed by atoms with Crippen LogP contribution in [0.4, 0.5) is 28.4 Å². The van der Waals surface area contributed by atoms with Crippen LogP contribution in [0.2, 0.25) is 5.02 Å². The molecule has 0 heterocycles. The number of hydrogen-bond donors (Lipinski definition) is 1. The second-order valence-electron chi connectivity index (χ2n) is 34.5. The minimum absolute atomic E-state index is 0.145. The highest BCUT2D eigenvalue weighted by molar-refractivity contribution is 9.10. The molecule has 3 spiro atoms. The van der Waals surface area contributed by atoms with Crippen molar-refractivity contribution in [2.24, 2.45) is 0 Å². The Morgan fingerprint density at radius 2 is 0.417 bits per heavy atom. The fourth-order valence-corrected chi connectivity index (χ4v) is 24.0. The van der Waals surface area contributed by atoms with E-state index in [4.69, 9.17) is 11.6 Å². The average Bonchev–Trinajstić information content (AvgIpc) is 1.49. The molecule has 20 aromatic carbocycles. The van der Waals surface area contributed by atoms with Crippen molar-refractivity contribution in [3.63, 3.8) is 0 Å². The fourth-order valence-electron chi connectivity index (χ4n) is 23.6. The van der Waals surface area contributed by atoms with Crippen LogP contribution in [0, 0.1) is 0 Å². The van der Waals surface area contributed by atoms with Gasteiger partial charge in [-0.2, -0.15) is 0 Å². The Labute approximate surface area is 752 Å². The predicted molar refractivity (Wildman–Crippen MR) is 531 cm³/mol. The lowest BCUT2D eigenvalue weighted by Gasteiger charge is -2.28. The summed E-state index contributed by atoms with van der Waals surface area (Å²) < 4.78 is 1.15. The van der Waals surface area contributed by atoms with Crippen LogP contribution in [0.5, 0.6) is 0 Å². The van der Waals surface area contributed by atoms with E-state index < -0.39 is 0 Å². The Bertz CT molecular complexity index is 7850. The molecule has 0 aromatic heterocycles. The molecule has 9 aliphatic rings. The van der Waals surface area contributed by atoms with Gasteiger partial charge in [-0.1, -0.05) is 385 Å². The summed E-state index contributed by atoms with van der Waals surface area (Å²) in [7, 11) is 0. The molecule has 29 rings (SSSR count). The van der Waals surface area contributed by atoms with Gasteiger partial charge in [0.25, 0.3) is 0 Å². The van der Waals surface area contributed by atoms with Crippen molar-refractivity contribution < 1.29 is 0 Å². The van der Waals surface area contributed by atoms with Gasteiger partial charge in [0.2, 0.25) is 0 Å². The summed E-state index contributed by atoms with van der Waals surface area (Å²) in [4.78, 5) is 2.34. The molecule has 0 bridgehead atoms. The Kier molecular flexibility index (Phi) is 16.4. The van der Waals surface area contributed by atoms with E-state index in [1.54, 1.807) is 0 Å². The van der Waals surface area contributed by atoms with Gasteiger partial charge in [0.15, 0.2) is 0 Å². The lowest BCUT2D eigenvalue weighted by molar-refractivity contribution is 0.817. The van der Waals surface area contributed by atoms with E-state index in [2.05, 4.69) is 445 Å². The van der Waals surface area contributed by atoms with Gasteiger partial charge in [0.1, 0.15) is 0 Å².